The molecule has 0 aliphatic carbocycles. The SMILES string of the molecule is CCSCCC(=O)Nc1n[nH]c(-c2ccccc2OC)n1. The van der Waals surface area contributed by atoms with E-state index in [1.54, 1.807) is 18.9 Å². The number of para-hydroxylation sites is 1. The number of carbonyl (C=O) groups excluding carboxylic acids is 1. The van der Waals surface area contributed by atoms with Gasteiger partial charge in [0, 0.05) is 12.2 Å². The summed E-state index contributed by atoms with van der Waals surface area (Å²) >= 11 is 1.73. The Bertz CT molecular complexity index is 600. The molecule has 2 rings (SSSR count). The molecule has 1 aromatic heterocycles. The van der Waals surface area contributed by atoms with Crippen molar-refractivity contribution in [2.24, 2.45) is 0 Å². The summed E-state index contributed by atoms with van der Waals surface area (Å²) in [7, 11) is 1.60. The molecule has 0 bridgehead atoms. The number of nitrogens with zero attached hydrogens (tertiary/aromatic N) is 2. The van der Waals surface area contributed by atoms with Crippen molar-refractivity contribution < 1.29 is 9.53 Å². The van der Waals surface area contributed by atoms with Crippen molar-refractivity contribution in [1.29, 1.82) is 0 Å². The molecule has 0 aliphatic heterocycles. The van der Waals surface area contributed by atoms with E-state index in [1.807, 2.05) is 24.3 Å². The summed E-state index contributed by atoms with van der Waals surface area (Å²) in [6.07, 6.45) is 0.455. The van der Waals surface area contributed by atoms with Crippen LogP contribution < -0.4 is 10.1 Å². The van der Waals surface area contributed by atoms with Crippen LogP contribution >= 0.6 is 11.8 Å². The largest absolute Gasteiger partial charge is 0.496 e. The number of hydrogen-bond acceptors (Lipinski definition) is 5. The molecule has 6 nitrogen and oxygen atoms in total. The van der Waals surface area contributed by atoms with Crippen LogP contribution in [0.2, 0.25) is 0 Å². The number of anilines is 1. The summed E-state index contributed by atoms with van der Waals surface area (Å²) in [6, 6.07) is 7.49. The lowest BCUT2D eigenvalue weighted by Crippen LogP contribution is -2.13. The highest BCUT2D eigenvalue weighted by Gasteiger charge is 2.11. The Labute approximate surface area is 127 Å². The number of carbonyl (C=O) groups is 1. The topological polar surface area (TPSA) is 79.9 Å². The molecule has 0 saturated heterocycles. The van der Waals surface area contributed by atoms with Gasteiger partial charge < -0.3 is 4.74 Å². The number of rotatable bonds is 7. The normalized spacial score (nSPS) is 10.4. The van der Waals surface area contributed by atoms with Gasteiger partial charge in [-0.05, 0) is 17.9 Å². The highest BCUT2D eigenvalue weighted by Crippen LogP contribution is 2.26. The molecule has 2 aromatic rings. The minimum absolute atomic E-state index is 0.0819. The zero-order chi connectivity index (χ0) is 15.1. The number of aromatic nitrogens is 3. The summed E-state index contributed by atoms with van der Waals surface area (Å²) < 4.78 is 5.28. The third-order valence-electron chi connectivity index (χ3n) is 2.78. The van der Waals surface area contributed by atoms with Gasteiger partial charge in [-0.1, -0.05) is 19.1 Å². The Morgan fingerprint density at radius 1 is 1.43 bits per heavy atom. The van der Waals surface area contributed by atoms with E-state index in [0.717, 1.165) is 17.1 Å². The third-order valence-corrected chi connectivity index (χ3v) is 3.68. The molecule has 21 heavy (non-hydrogen) atoms. The van der Waals surface area contributed by atoms with Gasteiger partial charge in [0.05, 0.1) is 12.7 Å². The number of ether oxygens (including phenoxy) is 1. The Hall–Kier alpha value is -2.02. The predicted molar refractivity (Wildman–Crippen MR) is 84.6 cm³/mol. The minimum atomic E-state index is -0.0819. The maximum Gasteiger partial charge on any atom is 0.249 e. The van der Waals surface area contributed by atoms with Gasteiger partial charge in [0.2, 0.25) is 11.9 Å². The molecule has 1 heterocycles. The van der Waals surface area contributed by atoms with E-state index in [0.29, 0.717) is 18.0 Å². The van der Waals surface area contributed by atoms with E-state index < -0.39 is 0 Å². The number of thioether (sulfide) groups is 1. The number of H-pyrrole nitrogens is 1. The van der Waals surface area contributed by atoms with Crippen molar-refractivity contribution in [1.82, 2.24) is 15.2 Å². The maximum absolute atomic E-state index is 11.7. The molecule has 0 radical (unpaired) electrons. The second-order valence-corrected chi connectivity index (χ2v) is 5.60. The summed E-state index contributed by atoms with van der Waals surface area (Å²) in [5.74, 6) is 3.26. The van der Waals surface area contributed by atoms with Crippen molar-refractivity contribution >= 4 is 23.6 Å². The predicted octanol–water partition coefficient (Wildman–Crippen LogP) is 2.56. The van der Waals surface area contributed by atoms with E-state index in [1.165, 1.54) is 0 Å². The molecule has 0 saturated carbocycles. The van der Waals surface area contributed by atoms with E-state index in [-0.39, 0.29) is 11.9 Å². The smallest absolute Gasteiger partial charge is 0.249 e. The lowest BCUT2D eigenvalue weighted by Gasteiger charge is -2.04. The summed E-state index contributed by atoms with van der Waals surface area (Å²) in [4.78, 5) is 16.0. The van der Waals surface area contributed by atoms with Crippen LogP contribution in [0.15, 0.2) is 24.3 Å². The molecule has 7 heteroatoms. The van der Waals surface area contributed by atoms with Crippen LogP contribution in [-0.4, -0.2) is 39.7 Å². The van der Waals surface area contributed by atoms with Gasteiger partial charge in [-0.2, -0.15) is 16.7 Å². The van der Waals surface area contributed by atoms with Crippen molar-refractivity contribution in [2.75, 3.05) is 23.9 Å². The van der Waals surface area contributed by atoms with Crippen molar-refractivity contribution in [3.05, 3.63) is 24.3 Å². The zero-order valence-corrected chi connectivity index (χ0v) is 12.9. The third kappa shape index (κ3) is 4.22. The highest BCUT2D eigenvalue weighted by atomic mass is 32.2. The van der Waals surface area contributed by atoms with Gasteiger partial charge in [0.15, 0.2) is 5.82 Å². The molecule has 112 valence electrons. The van der Waals surface area contributed by atoms with Crippen molar-refractivity contribution in [3.63, 3.8) is 0 Å². The second kappa shape index (κ2) is 7.68. The molecular formula is C14H18N4O2S. The lowest BCUT2D eigenvalue weighted by atomic mass is 10.2. The fourth-order valence-electron chi connectivity index (χ4n) is 1.77. The molecule has 0 atom stereocenters. The number of benzene rings is 1. The number of nitrogens with one attached hydrogen (secondary N) is 2. The van der Waals surface area contributed by atoms with Crippen LogP contribution in [0.25, 0.3) is 11.4 Å². The van der Waals surface area contributed by atoms with Gasteiger partial charge in [0.25, 0.3) is 0 Å². The number of methoxy groups -OCH3 is 1. The second-order valence-electron chi connectivity index (χ2n) is 4.20. The molecule has 0 aliphatic rings. The average molecular weight is 306 g/mol. The molecule has 2 N–H and O–H groups in total. The van der Waals surface area contributed by atoms with Gasteiger partial charge in [-0.15, -0.1) is 5.10 Å². The first-order valence-corrected chi connectivity index (χ1v) is 7.83. The fourth-order valence-corrected chi connectivity index (χ4v) is 2.39. The van der Waals surface area contributed by atoms with Gasteiger partial charge in [-0.3, -0.25) is 15.2 Å². The molecule has 0 unspecified atom stereocenters. The van der Waals surface area contributed by atoms with Crippen molar-refractivity contribution in [3.8, 4) is 17.1 Å². The first kappa shape index (κ1) is 15.4. The minimum Gasteiger partial charge on any atom is -0.496 e. The summed E-state index contributed by atoms with van der Waals surface area (Å²) in [5.41, 5.74) is 0.800. The number of hydrogen-bond donors (Lipinski definition) is 2. The molecule has 1 amide bonds. The number of aromatic amines is 1. The summed E-state index contributed by atoms with van der Waals surface area (Å²) in [6.45, 7) is 2.07. The maximum atomic E-state index is 11.7. The van der Waals surface area contributed by atoms with E-state index in [4.69, 9.17) is 4.74 Å². The van der Waals surface area contributed by atoms with Crippen LogP contribution in [-0.2, 0) is 4.79 Å². The Morgan fingerprint density at radius 3 is 3.00 bits per heavy atom. The van der Waals surface area contributed by atoms with Crippen LogP contribution in [0.1, 0.15) is 13.3 Å². The molecule has 0 fully saturated rings. The molecular weight excluding hydrogens is 288 g/mol. The van der Waals surface area contributed by atoms with Crippen LogP contribution in [0, 0.1) is 0 Å². The van der Waals surface area contributed by atoms with Crippen molar-refractivity contribution in [2.45, 2.75) is 13.3 Å². The molecule has 0 spiro atoms. The number of amides is 1. The van der Waals surface area contributed by atoms with Gasteiger partial charge >= 0.3 is 0 Å². The summed E-state index contributed by atoms with van der Waals surface area (Å²) in [5, 5.41) is 9.50. The Morgan fingerprint density at radius 2 is 2.24 bits per heavy atom. The van der Waals surface area contributed by atoms with Gasteiger partial charge in [0.1, 0.15) is 5.75 Å². The monoisotopic (exact) mass is 306 g/mol. The van der Waals surface area contributed by atoms with Gasteiger partial charge in [-0.25, -0.2) is 0 Å². The first-order valence-electron chi connectivity index (χ1n) is 6.68. The molecule has 1 aromatic carbocycles. The quantitative estimate of drug-likeness (QED) is 0.769. The Balaban J connectivity index is 2.03. The van der Waals surface area contributed by atoms with Crippen LogP contribution in [0.5, 0.6) is 5.75 Å². The highest BCUT2D eigenvalue weighted by molar-refractivity contribution is 7.99. The van der Waals surface area contributed by atoms with E-state index in [2.05, 4.69) is 27.4 Å². The standard InChI is InChI=1S/C14H18N4O2S/c1-3-21-9-8-12(19)15-14-16-13(17-18-14)10-6-4-5-7-11(10)20-2/h4-7H,3,8-9H2,1-2H3,(H2,15,16,17,18,19). The average Bonchev–Trinajstić information content (AvgIpc) is 2.95. The van der Waals surface area contributed by atoms with E-state index >= 15 is 0 Å². The fraction of sp³-hybridized carbons (Fsp3) is 0.357. The Kier molecular flexibility index (Phi) is 5.62. The zero-order valence-electron chi connectivity index (χ0n) is 12.0. The van der Waals surface area contributed by atoms with Crippen LogP contribution in [0.3, 0.4) is 0 Å². The van der Waals surface area contributed by atoms with E-state index in [9.17, 15) is 4.79 Å². The van der Waals surface area contributed by atoms with Crippen LogP contribution in [0.4, 0.5) is 5.95 Å². The first-order chi connectivity index (χ1) is 10.2. The lowest BCUT2D eigenvalue weighted by molar-refractivity contribution is -0.115.